The number of aromatic nitrogens is 5. The second kappa shape index (κ2) is 9.49. The lowest BCUT2D eigenvalue weighted by molar-refractivity contribution is -0.138. The Morgan fingerprint density at radius 1 is 1.20 bits per heavy atom. The predicted molar refractivity (Wildman–Crippen MR) is 113 cm³/mol. The normalized spacial score (nSPS) is 15.2. The van der Waals surface area contributed by atoms with Crippen LogP contribution in [0, 0.1) is 0 Å². The van der Waals surface area contributed by atoms with Gasteiger partial charge in [0, 0.05) is 12.6 Å². The summed E-state index contributed by atoms with van der Waals surface area (Å²) in [6.07, 6.45) is -7.59. The molecule has 3 aromatic heterocycles. The Labute approximate surface area is 197 Å². The molecule has 0 aromatic carbocycles. The number of H-pyrrole nitrogens is 1. The Morgan fingerprint density at radius 3 is 2.66 bits per heavy atom. The van der Waals surface area contributed by atoms with Gasteiger partial charge in [0.25, 0.3) is 5.56 Å². The zero-order valence-corrected chi connectivity index (χ0v) is 18.9. The molecule has 190 valence electrons. The van der Waals surface area contributed by atoms with Crippen LogP contribution in [-0.2, 0) is 36.8 Å². The Hall–Kier alpha value is -3.14. The highest BCUT2D eigenvalue weighted by Crippen LogP contribution is 2.37. The van der Waals surface area contributed by atoms with Gasteiger partial charge in [-0.2, -0.15) is 36.5 Å². The molecule has 4 rings (SSSR count). The van der Waals surface area contributed by atoms with E-state index in [9.17, 15) is 31.1 Å². The molecular formula is C19H19F6N7O2S. The van der Waals surface area contributed by atoms with E-state index in [-0.39, 0.29) is 18.3 Å². The summed E-state index contributed by atoms with van der Waals surface area (Å²) in [7, 11) is 0. The summed E-state index contributed by atoms with van der Waals surface area (Å²) in [6, 6.07) is 1.17. The van der Waals surface area contributed by atoms with E-state index >= 15 is 0 Å². The summed E-state index contributed by atoms with van der Waals surface area (Å²) in [5, 5.41) is 12.4. The van der Waals surface area contributed by atoms with Crippen molar-refractivity contribution in [1.29, 1.82) is 0 Å². The molecule has 0 amide bonds. The number of nitrogens with one attached hydrogen (secondary N) is 2. The van der Waals surface area contributed by atoms with Gasteiger partial charge in [0.1, 0.15) is 10.4 Å². The molecule has 4 heterocycles. The first-order valence-corrected chi connectivity index (χ1v) is 11.1. The molecule has 0 bridgehead atoms. The fraction of sp³-hybridized carbons (Fsp3) is 0.474. The highest BCUT2D eigenvalue weighted by Gasteiger charge is 2.37. The number of aromatic amines is 1. The van der Waals surface area contributed by atoms with Crippen molar-refractivity contribution in [3.8, 4) is 0 Å². The first-order valence-electron chi connectivity index (χ1n) is 10.2. The number of thiazole rings is 1. The number of hydrogen-bond donors (Lipinski definition) is 2. The molecule has 0 saturated carbocycles. The van der Waals surface area contributed by atoms with E-state index < -0.39 is 40.1 Å². The minimum absolute atomic E-state index is 0.0117. The molecule has 0 fully saturated rings. The van der Waals surface area contributed by atoms with E-state index in [1.165, 1.54) is 0 Å². The zero-order chi connectivity index (χ0) is 25.4. The van der Waals surface area contributed by atoms with Gasteiger partial charge in [-0.25, -0.2) is 10.1 Å². The maximum atomic E-state index is 13.1. The molecule has 3 aromatic rings. The molecule has 1 aliphatic rings. The average molecular weight is 523 g/mol. The smallest absolute Gasteiger partial charge is 0.378 e. The fourth-order valence-electron chi connectivity index (χ4n) is 3.54. The van der Waals surface area contributed by atoms with Crippen molar-refractivity contribution in [2.75, 3.05) is 23.4 Å². The molecule has 9 nitrogen and oxygen atoms in total. The molecule has 16 heteroatoms. The molecule has 1 aliphatic heterocycles. The van der Waals surface area contributed by atoms with Crippen LogP contribution in [0.1, 0.15) is 28.8 Å². The summed E-state index contributed by atoms with van der Waals surface area (Å²) >= 11 is 0.581. The van der Waals surface area contributed by atoms with Crippen molar-refractivity contribution < 1.29 is 31.1 Å². The first-order chi connectivity index (χ1) is 16.4. The summed E-state index contributed by atoms with van der Waals surface area (Å²) in [4.78, 5) is 16.4. The van der Waals surface area contributed by atoms with Crippen LogP contribution in [0.5, 0.6) is 0 Å². The van der Waals surface area contributed by atoms with Crippen LogP contribution in [0.4, 0.5) is 37.2 Å². The SMILES string of the molecule is C[C@@H](COCc1cc2n(n1)CCN(c1ncc(C(F)(F)F)s1)C2)Nc1cn[nH]c(=O)c1C(F)(F)F. The van der Waals surface area contributed by atoms with Gasteiger partial charge in [-0.1, -0.05) is 11.3 Å². The van der Waals surface area contributed by atoms with Gasteiger partial charge in [0.2, 0.25) is 0 Å². The number of rotatable bonds is 7. The van der Waals surface area contributed by atoms with Crippen molar-refractivity contribution >= 4 is 22.2 Å². The van der Waals surface area contributed by atoms with Crippen molar-refractivity contribution in [2.24, 2.45) is 0 Å². The third-order valence-electron chi connectivity index (χ3n) is 5.05. The molecule has 0 unspecified atom stereocenters. The fourth-order valence-corrected chi connectivity index (χ4v) is 4.35. The van der Waals surface area contributed by atoms with Gasteiger partial charge in [-0.3, -0.25) is 9.48 Å². The first kappa shape index (κ1) is 25.0. The topological polar surface area (TPSA) is 101 Å². The van der Waals surface area contributed by atoms with Gasteiger partial charge < -0.3 is 15.0 Å². The van der Waals surface area contributed by atoms with Crippen LogP contribution in [0.25, 0.3) is 0 Å². The third-order valence-corrected chi connectivity index (χ3v) is 6.15. The predicted octanol–water partition coefficient (Wildman–Crippen LogP) is 3.50. The molecule has 0 aliphatic carbocycles. The lowest BCUT2D eigenvalue weighted by Gasteiger charge is -2.27. The van der Waals surface area contributed by atoms with Crippen molar-refractivity contribution in [3.05, 3.63) is 50.6 Å². The number of hydrogen-bond acceptors (Lipinski definition) is 8. The summed E-state index contributed by atoms with van der Waals surface area (Å²) in [6.45, 7) is 2.88. The van der Waals surface area contributed by atoms with E-state index in [0.717, 1.165) is 18.1 Å². The highest BCUT2D eigenvalue weighted by atomic mass is 32.1. The van der Waals surface area contributed by atoms with E-state index in [2.05, 4.69) is 20.5 Å². The summed E-state index contributed by atoms with van der Waals surface area (Å²) in [5.41, 5.74) is -1.83. The molecule has 0 spiro atoms. The molecule has 0 radical (unpaired) electrons. The average Bonchev–Trinajstić information content (AvgIpc) is 3.39. The number of fused-ring (bicyclic) bond motifs is 1. The number of halogens is 6. The van der Waals surface area contributed by atoms with Crippen molar-refractivity contribution in [2.45, 2.75) is 45.0 Å². The minimum Gasteiger partial charge on any atom is -0.378 e. The standard InChI is InChI=1S/C19H19F6N7O2S/c1-10(28-13-5-27-29-16(33)15(13)19(23,24)25)8-34-9-11-4-12-7-31(2-3-32(12)30-11)17-26-6-14(35-17)18(20,21)22/h4-6,10H,2-3,7-9H2,1H3,(H2,28,29,33)/t10-/m0/s1. The Kier molecular flexibility index (Phi) is 6.77. The van der Waals surface area contributed by atoms with Crippen LogP contribution < -0.4 is 15.8 Å². The Balaban J connectivity index is 1.32. The van der Waals surface area contributed by atoms with Crippen LogP contribution in [-0.4, -0.2) is 44.2 Å². The van der Waals surface area contributed by atoms with Gasteiger partial charge in [0.15, 0.2) is 5.13 Å². The number of alkyl halides is 6. The Morgan fingerprint density at radius 2 is 1.97 bits per heavy atom. The monoisotopic (exact) mass is 523 g/mol. The van der Waals surface area contributed by atoms with E-state index in [1.54, 1.807) is 27.7 Å². The van der Waals surface area contributed by atoms with E-state index in [0.29, 0.717) is 36.7 Å². The number of ether oxygens (including phenoxy) is 1. The van der Waals surface area contributed by atoms with Crippen LogP contribution in [0.15, 0.2) is 23.3 Å². The molecular weight excluding hydrogens is 504 g/mol. The highest BCUT2D eigenvalue weighted by molar-refractivity contribution is 7.15. The van der Waals surface area contributed by atoms with E-state index in [4.69, 9.17) is 4.74 Å². The zero-order valence-electron chi connectivity index (χ0n) is 18.1. The third kappa shape index (κ3) is 5.75. The molecule has 2 N–H and O–H groups in total. The molecule has 0 saturated heterocycles. The van der Waals surface area contributed by atoms with Crippen LogP contribution in [0.2, 0.25) is 0 Å². The lowest BCUT2D eigenvalue weighted by atomic mass is 10.2. The van der Waals surface area contributed by atoms with Gasteiger partial charge >= 0.3 is 12.4 Å². The molecule has 1 atom stereocenters. The van der Waals surface area contributed by atoms with Crippen LogP contribution >= 0.6 is 11.3 Å². The number of anilines is 2. The van der Waals surface area contributed by atoms with Gasteiger partial charge in [0.05, 0.1) is 55.8 Å². The second-order valence-electron chi connectivity index (χ2n) is 7.82. The maximum absolute atomic E-state index is 13.1. The lowest BCUT2D eigenvalue weighted by Crippen LogP contribution is -2.33. The van der Waals surface area contributed by atoms with Crippen molar-refractivity contribution in [3.63, 3.8) is 0 Å². The summed E-state index contributed by atoms with van der Waals surface area (Å²) in [5.74, 6) is 0. The van der Waals surface area contributed by atoms with Gasteiger partial charge in [-0.05, 0) is 13.0 Å². The van der Waals surface area contributed by atoms with Crippen LogP contribution in [0.3, 0.4) is 0 Å². The second-order valence-corrected chi connectivity index (χ2v) is 8.83. The minimum atomic E-state index is -4.85. The molecule has 35 heavy (non-hydrogen) atoms. The van der Waals surface area contributed by atoms with E-state index in [1.807, 2.05) is 0 Å². The quantitative estimate of drug-likeness (QED) is 0.458. The summed E-state index contributed by atoms with van der Waals surface area (Å²) < 4.78 is 85.3. The van der Waals surface area contributed by atoms with Crippen molar-refractivity contribution in [1.82, 2.24) is 25.0 Å². The number of nitrogens with zero attached hydrogens (tertiary/aromatic N) is 5. The van der Waals surface area contributed by atoms with Gasteiger partial charge in [-0.15, -0.1) is 0 Å². The Bertz CT molecular complexity index is 1240. The largest absolute Gasteiger partial charge is 0.427 e. The maximum Gasteiger partial charge on any atom is 0.427 e.